The van der Waals surface area contributed by atoms with Crippen molar-refractivity contribution in [2.45, 2.75) is 6.42 Å². The smallest absolute Gasteiger partial charge is 0.222 e. The zero-order valence-corrected chi connectivity index (χ0v) is 10.1. The van der Waals surface area contributed by atoms with Gasteiger partial charge in [-0.1, -0.05) is 12.1 Å². The van der Waals surface area contributed by atoms with Crippen molar-refractivity contribution in [1.29, 1.82) is 0 Å². The molecule has 0 saturated carbocycles. The van der Waals surface area contributed by atoms with Crippen molar-refractivity contribution in [2.24, 2.45) is 0 Å². The predicted octanol–water partition coefficient (Wildman–Crippen LogP) is 0.760. The molecule has 0 aliphatic carbocycles. The van der Waals surface area contributed by atoms with E-state index < -0.39 is 0 Å². The molecule has 0 radical (unpaired) electrons. The number of nitrogens with zero attached hydrogens (tertiary/aromatic N) is 2. The summed E-state index contributed by atoms with van der Waals surface area (Å²) in [5.74, 6) is 0.854. The SMILES string of the molecule is CNC(=O)CCNc1nc(N)nc2ccccc12. The Morgan fingerprint density at radius 1 is 1.33 bits per heavy atom. The number of fused-ring (bicyclic) bond motifs is 1. The first-order valence-electron chi connectivity index (χ1n) is 5.67. The molecule has 0 fully saturated rings. The average Bonchev–Trinajstić information content (AvgIpc) is 2.38. The second-order valence-electron chi connectivity index (χ2n) is 3.80. The number of nitrogens with two attached hydrogens (primary N) is 1. The van der Waals surface area contributed by atoms with Crippen molar-refractivity contribution in [3.8, 4) is 0 Å². The van der Waals surface area contributed by atoms with E-state index in [0.29, 0.717) is 18.8 Å². The van der Waals surface area contributed by atoms with Gasteiger partial charge in [0.1, 0.15) is 5.82 Å². The standard InChI is InChI=1S/C12H15N5O/c1-14-10(18)6-7-15-11-8-4-2-3-5-9(8)16-12(13)17-11/h2-5H,6-7H2,1H3,(H,14,18)(H3,13,15,16,17). The average molecular weight is 245 g/mol. The molecule has 6 nitrogen and oxygen atoms in total. The Labute approximate surface area is 105 Å². The van der Waals surface area contributed by atoms with Gasteiger partial charge in [-0.05, 0) is 12.1 Å². The first-order chi connectivity index (χ1) is 8.70. The molecule has 0 aliphatic heterocycles. The van der Waals surface area contributed by atoms with Crippen LogP contribution in [0.5, 0.6) is 0 Å². The Balaban J connectivity index is 2.19. The number of anilines is 2. The highest BCUT2D eigenvalue weighted by Crippen LogP contribution is 2.20. The summed E-state index contributed by atoms with van der Waals surface area (Å²) in [6, 6.07) is 7.59. The number of hydrogen-bond donors (Lipinski definition) is 3. The summed E-state index contributed by atoms with van der Waals surface area (Å²) in [6.45, 7) is 0.500. The van der Waals surface area contributed by atoms with E-state index in [0.717, 1.165) is 10.9 Å². The second-order valence-corrected chi connectivity index (χ2v) is 3.80. The van der Waals surface area contributed by atoms with Gasteiger partial charge >= 0.3 is 0 Å². The first kappa shape index (κ1) is 12.1. The monoisotopic (exact) mass is 245 g/mol. The van der Waals surface area contributed by atoms with Crippen LogP contribution in [-0.2, 0) is 4.79 Å². The molecule has 0 aliphatic rings. The number of rotatable bonds is 4. The highest BCUT2D eigenvalue weighted by molar-refractivity contribution is 5.90. The Hall–Kier alpha value is -2.37. The van der Waals surface area contributed by atoms with Gasteiger partial charge in [-0.3, -0.25) is 4.79 Å². The van der Waals surface area contributed by atoms with Crippen LogP contribution >= 0.6 is 0 Å². The lowest BCUT2D eigenvalue weighted by Crippen LogP contribution is -2.21. The normalized spacial score (nSPS) is 10.3. The fourth-order valence-electron chi connectivity index (χ4n) is 1.65. The van der Waals surface area contributed by atoms with E-state index in [9.17, 15) is 4.79 Å². The van der Waals surface area contributed by atoms with Crippen LogP contribution in [0.1, 0.15) is 6.42 Å². The minimum absolute atomic E-state index is 0.0196. The number of nitrogen functional groups attached to an aromatic ring is 1. The molecular formula is C12H15N5O. The van der Waals surface area contributed by atoms with Gasteiger partial charge < -0.3 is 16.4 Å². The Morgan fingerprint density at radius 3 is 2.89 bits per heavy atom. The van der Waals surface area contributed by atoms with Crippen LogP contribution < -0.4 is 16.4 Å². The fourth-order valence-corrected chi connectivity index (χ4v) is 1.65. The number of nitrogens with one attached hydrogen (secondary N) is 2. The summed E-state index contributed by atoms with van der Waals surface area (Å²) in [5, 5.41) is 6.56. The number of carbonyl (C=O) groups is 1. The lowest BCUT2D eigenvalue weighted by atomic mass is 10.2. The Morgan fingerprint density at radius 2 is 2.11 bits per heavy atom. The van der Waals surface area contributed by atoms with E-state index in [2.05, 4.69) is 20.6 Å². The van der Waals surface area contributed by atoms with Crippen LogP contribution in [0.3, 0.4) is 0 Å². The third-order valence-corrected chi connectivity index (χ3v) is 2.54. The lowest BCUT2D eigenvalue weighted by molar-refractivity contribution is -0.120. The highest BCUT2D eigenvalue weighted by atomic mass is 16.1. The Bertz CT molecular complexity index is 569. The van der Waals surface area contributed by atoms with Crippen molar-refractivity contribution in [2.75, 3.05) is 24.6 Å². The van der Waals surface area contributed by atoms with Crippen molar-refractivity contribution >= 4 is 28.6 Å². The number of benzene rings is 1. The van der Waals surface area contributed by atoms with Crippen LogP contribution in [-0.4, -0.2) is 29.5 Å². The van der Waals surface area contributed by atoms with Crippen molar-refractivity contribution < 1.29 is 4.79 Å². The van der Waals surface area contributed by atoms with E-state index in [-0.39, 0.29) is 11.9 Å². The minimum atomic E-state index is -0.0196. The minimum Gasteiger partial charge on any atom is -0.369 e. The molecule has 2 aromatic rings. The summed E-state index contributed by atoms with van der Waals surface area (Å²) in [5.41, 5.74) is 6.43. The molecule has 2 rings (SSSR count). The van der Waals surface area contributed by atoms with Gasteiger partial charge in [0.25, 0.3) is 0 Å². The van der Waals surface area contributed by atoms with Gasteiger partial charge in [-0.15, -0.1) is 0 Å². The molecule has 18 heavy (non-hydrogen) atoms. The molecule has 6 heteroatoms. The van der Waals surface area contributed by atoms with Gasteiger partial charge in [0.15, 0.2) is 0 Å². The van der Waals surface area contributed by atoms with Gasteiger partial charge in [0.05, 0.1) is 5.52 Å². The third kappa shape index (κ3) is 2.65. The molecule has 1 heterocycles. The molecule has 1 amide bonds. The molecule has 0 bridgehead atoms. The summed E-state index contributed by atoms with van der Waals surface area (Å²) >= 11 is 0. The maximum absolute atomic E-state index is 11.1. The van der Waals surface area contributed by atoms with Gasteiger partial charge in [-0.2, -0.15) is 4.98 Å². The predicted molar refractivity (Wildman–Crippen MR) is 71.1 cm³/mol. The molecule has 0 unspecified atom stereocenters. The molecule has 1 aromatic carbocycles. The summed E-state index contributed by atoms with van der Waals surface area (Å²) in [6.07, 6.45) is 0.384. The Kier molecular flexibility index (Phi) is 3.57. The first-order valence-corrected chi connectivity index (χ1v) is 5.67. The number of amides is 1. The molecule has 4 N–H and O–H groups in total. The quantitative estimate of drug-likeness (QED) is 0.739. The third-order valence-electron chi connectivity index (χ3n) is 2.54. The van der Waals surface area contributed by atoms with Crippen LogP contribution in [0.4, 0.5) is 11.8 Å². The molecule has 0 atom stereocenters. The van der Waals surface area contributed by atoms with Crippen LogP contribution in [0.2, 0.25) is 0 Å². The van der Waals surface area contributed by atoms with Crippen LogP contribution in [0, 0.1) is 0 Å². The zero-order valence-electron chi connectivity index (χ0n) is 10.1. The maximum atomic E-state index is 11.1. The number of hydrogen-bond acceptors (Lipinski definition) is 5. The topological polar surface area (TPSA) is 92.9 Å². The molecule has 0 saturated heterocycles. The van der Waals surface area contributed by atoms with E-state index in [1.54, 1.807) is 7.05 Å². The zero-order chi connectivity index (χ0) is 13.0. The number of aromatic nitrogens is 2. The van der Waals surface area contributed by atoms with Crippen molar-refractivity contribution in [1.82, 2.24) is 15.3 Å². The molecular weight excluding hydrogens is 230 g/mol. The molecule has 0 spiro atoms. The van der Waals surface area contributed by atoms with Gasteiger partial charge in [0, 0.05) is 25.4 Å². The van der Waals surface area contributed by atoms with Crippen molar-refractivity contribution in [3.05, 3.63) is 24.3 Å². The van der Waals surface area contributed by atoms with Gasteiger partial charge in [0.2, 0.25) is 11.9 Å². The van der Waals surface area contributed by atoms with E-state index in [1.165, 1.54) is 0 Å². The van der Waals surface area contributed by atoms with E-state index in [1.807, 2.05) is 24.3 Å². The van der Waals surface area contributed by atoms with E-state index >= 15 is 0 Å². The fraction of sp³-hybridized carbons (Fsp3) is 0.250. The molecule has 94 valence electrons. The summed E-state index contributed by atoms with van der Waals surface area (Å²) in [7, 11) is 1.61. The summed E-state index contributed by atoms with van der Waals surface area (Å²) < 4.78 is 0. The summed E-state index contributed by atoms with van der Waals surface area (Å²) in [4.78, 5) is 19.4. The highest BCUT2D eigenvalue weighted by Gasteiger charge is 2.05. The molecule has 1 aromatic heterocycles. The van der Waals surface area contributed by atoms with Crippen LogP contribution in [0.15, 0.2) is 24.3 Å². The maximum Gasteiger partial charge on any atom is 0.222 e. The number of carbonyl (C=O) groups excluding carboxylic acids is 1. The van der Waals surface area contributed by atoms with Gasteiger partial charge in [-0.25, -0.2) is 4.98 Å². The number of para-hydroxylation sites is 1. The lowest BCUT2D eigenvalue weighted by Gasteiger charge is -2.08. The second kappa shape index (κ2) is 5.31. The largest absolute Gasteiger partial charge is 0.369 e. The van der Waals surface area contributed by atoms with E-state index in [4.69, 9.17) is 5.73 Å². The van der Waals surface area contributed by atoms with Crippen LogP contribution in [0.25, 0.3) is 10.9 Å². The van der Waals surface area contributed by atoms with Crippen molar-refractivity contribution in [3.63, 3.8) is 0 Å².